The van der Waals surface area contributed by atoms with E-state index in [2.05, 4.69) is 9.47 Å². The number of allylic oxidation sites excluding steroid dienone is 2. The Morgan fingerprint density at radius 3 is 2.08 bits per heavy atom. The van der Waals surface area contributed by atoms with E-state index in [1.54, 1.807) is 0 Å². The predicted octanol–water partition coefficient (Wildman–Crippen LogP) is 3.28. The first-order valence-corrected chi connectivity index (χ1v) is 7.65. The minimum Gasteiger partial charge on any atom is -0.400 e. The van der Waals surface area contributed by atoms with Gasteiger partial charge in [-0.25, -0.2) is 0 Å². The maximum absolute atomic E-state index is 14.3. The summed E-state index contributed by atoms with van der Waals surface area (Å²) in [5.41, 5.74) is -4.26. The van der Waals surface area contributed by atoms with Crippen LogP contribution in [0.4, 0.5) is 30.7 Å². The fraction of sp³-hybridized carbons (Fsp3) is 0.733. The molecule has 2 aliphatic heterocycles. The molecule has 1 saturated carbocycles. The fourth-order valence-electron chi connectivity index (χ4n) is 5.77. The summed E-state index contributed by atoms with van der Waals surface area (Å²) in [6, 6.07) is -2.28. The third-order valence-corrected chi connectivity index (χ3v) is 6.31. The van der Waals surface area contributed by atoms with Gasteiger partial charge in [0.25, 0.3) is 0 Å². The third kappa shape index (κ3) is 1.70. The van der Waals surface area contributed by atoms with Gasteiger partial charge in [0, 0.05) is 16.9 Å². The van der Waals surface area contributed by atoms with E-state index >= 15 is 0 Å². The van der Waals surface area contributed by atoms with Gasteiger partial charge >= 0.3 is 30.3 Å². The predicted molar refractivity (Wildman–Crippen MR) is 66.4 cm³/mol. The summed E-state index contributed by atoms with van der Waals surface area (Å²) in [7, 11) is 0. The summed E-state index contributed by atoms with van der Waals surface area (Å²) < 4.78 is 107. The minimum atomic E-state index is -4.62. The van der Waals surface area contributed by atoms with Gasteiger partial charge in [-0.3, -0.25) is 14.3 Å². The fourth-order valence-corrected chi connectivity index (χ4v) is 5.77. The molecule has 5 rings (SSSR count). The zero-order valence-electron chi connectivity index (χ0n) is 13.2. The summed E-state index contributed by atoms with van der Waals surface area (Å²) >= 11 is 0. The van der Waals surface area contributed by atoms with Crippen LogP contribution in [0.3, 0.4) is 0 Å². The molecule has 4 nitrogen and oxygen atoms in total. The van der Waals surface area contributed by atoms with E-state index in [4.69, 9.17) is 0 Å². The average molecular weight is 388 g/mol. The zero-order chi connectivity index (χ0) is 19.6. The highest BCUT2D eigenvalue weighted by Crippen LogP contribution is 2.76. The van der Waals surface area contributed by atoms with Crippen molar-refractivity contribution in [2.75, 3.05) is 0 Å². The quantitative estimate of drug-likeness (QED) is 0.393. The summed E-state index contributed by atoms with van der Waals surface area (Å²) in [4.78, 5) is 23.4. The van der Waals surface area contributed by atoms with Gasteiger partial charge in [-0.2, -0.15) is 30.7 Å². The lowest BCUT2D eigenvalue weighted by molar-refractivity contribution is -0.345. The molecule has 144 valence electrons. The van der Waals surface area contributed by atoms with E-state index in [1.807, 2.05) is 0 Å². The highest BCUT2D eigenvalue weighted by Gasteiger charge is 2.86. The number of rotatable bonds is 1. The second-order valence-electron chi connectivity index (χ2n) is 7.36. The molecule has 0 radical (unpaired) electrons. The number of ether oxygens (including phenoxy) is 2. The van der Waals surface area contributed by atoms with E-state index < -0.39 is 76.5 Å². The van der Waals surface area contributed by atoms with Crippen molar-refractivity contribution >= 4 is 12.0 Å². The number of cyclic esters (lactones) is 1. The first-order valence-electron chi connectivity index (χ1n) is 7.65. The van der Waals surface area contributed by atoms with Gasteiger partial charge < -0.3 is 4.74 Å². The number of halogens is 7. The topological polar surface area (TPSA) is 52.6 Å². The summed E-state index contributed by atoms with van der Waals surface area (Å²) in [5.74, 6) is -12.8. The molecule has 2 bridgehead atoms. The Kier molecular flexibility index (Phi) is 3.02. The van der Waals surface area contributed by atoms with E-state index in [0.29, 0.717) is 6.92 Å². The first kappa shape index (κ1) is 17.7. The van der Waals surface area contributed by atoms with Gasteiger partial charge in [0.05, 0.1) is 23.7 Å². The van der Waals surface area contributed by atoms with Crippen LogP contribution in [-0.4, -0.2) is 30.3 Å². The van der Waals surface area contributed by atoms with Crippen molar-refractivity contribution in [3.63, 3.8) is 0 Å². The number of carbonyl (C=O) groups is 2. The molecule has 2 saturated heterocycles. The van der Waals surface area contributed by atoms with E-state index in [0.717, 1.165) is 6.92 Å². The molecular formula is C15H11F7O4. The first-order chi connectivity index (χ1) is 11.7. The highest BCUT2D eigenvalue weighted by molar-refractivity contribution is 5.92. The van der Waals surface area contributed by atoms with Crippen LogP contribution >= 0.6 is 0 Å². The van der Waals surface area contributed by atoms with Crippen molar-refractivity contribution in [3.05, 3.63) is 11.1 Å². The molecule has 26 heavy (non-hydrogen) atoms. The van der Waals surface area contributed by atoms with Gasteiger partial charge in [0.15, 0.2) is 0 Å². The molecular weight excluding hydrogens is 377 g/mol. The Morgan fingerprint density at radius 2 is 1.54 bits per heavy atom. The SMILES string of the molecule is CC1=C(C(=O)F)C2(C)C3C(C(=O)OC3(F)F)C1C1C2C(F)(F)OC1(F)F. The number of hydrogen-bond donors (Lipinski definition) is 0. The summed E-state index contributed by atoms with van der Waals surface area (Å²) in [5, 5.41) is 0. The number of alkyl halides is 6. The van der Waals surface area contributed by atoms with Crippen molar-refractivity contribution in [1.29, 1.82) is 0 Å². The molecule has 0 aromatic heterocycles. The summed E-state index contributed by atoms with van der Waals surface area (Å²) in [6.45, 7) is 1.67. The maximum Gasteiger partial charge on any atom is 0.404 e. The van der Waals surface area contributed by atoms with Crippen molar-refractivity contribution in [1.82, 2.24) is 0 Å². The molecule has 6 atom stereocenters. The van der Waals surface area contributed by atoms with Crippen LogP contribution < -0.4 is 0 Å². The molecule has 11 heteroatoms. The molecule has 0 N–H and O–H groups in total. The second kappa shape index (κ2) is 4.42. The molecule has 3 aliphatic carbocycles. The Labute approximate surface area is 141 Å². The van der Waals surface area contributed by atoms with Crippen LogP contribution in [0.5, 0.6) is 0 Å². The third-order valence-electron chi connectivity index (χ3n) is 6.31. The van der Waals surface area contributed by atoms with E-state index in [1.165, 1.54) is 0 Å². The zero-order valence-corrected chi connectivity index (χ0v) is 13.2. The molecule has 0 aromatic rings. The van der Waals surface area contributed by atoms with Crippen molar-refractivity contribution in [3.8, 4) is 0 Å². The maximum atomic E-state index is 14.3. The van der Waals surface area contributed by atoms with Crippen LogP contribution in [0.25, 0.3) is 0 Å². The molecule has 6 unspecified atom stereocenters. The average Bonchev–Trinajstić information content (AvgIpc) is 2.77. The molecule has 2 heterocycles. The van der Waals surface area contributed by atoms with Crippen molar-refractivity contribution in [2.24, 2.45) is 35.0 Å². The normalized spacial score (nSPS) is 46.8. The summed E-state index contributed by atoms with van der Waals surface area (Å²) in [6.07, 6.45) is -13.4. The lowest BCUT2D eigenvalue weighted by atomic mass is 9.42. The molecule has 0 aromatic carbocycles. The standard InChI is InChI=1S/C15H11F7O4/c1-3-4-5-8(14(19,20)25-11(5)24)12(2,6(3)10(16)23)9-7(4)13(17,18)26-15(9,21)22/h4-5,7-9H,1-2H3. The van der Waals surface area contributed by atoms with Gasteiger partial charge in [-0.05, 0) is 6.92 Å². The Morgan fingerprint density at radius 1 is 0.962 bits per heavy atom. The van der Waals surface area contributed by atoms with Crippen LogP contribution in [0.1, 0.15) is 13.8 Å². The monoisotopic (exact) mass is 388 g/mol. The van der Waals surface area contributed by atoms with Crippen molar-refractivity contribution < 1.29 is 49.8 Å². The Balaban J connectivity index is 2.08. The number of carbonyl (C=O) groups excluding carboxylic acids is 2. The molecule has 0 amide bonds. The largest absolute Gasteiger partial charge is 0.404 e. The minimum absolute atomic E-state index is 0.432. The van der Waals surface area contributed by atoms with Crippen LogP contribution in [-0.2, 0) is 19.1 Å². The lowest BCUT2D eigenvalue weighted by Gasteiger charge is -2.57. The van der Waals surface area contributed by atoms with E-state index in [-0.39, 0.29) is 0 Å². The van der Waals surface area contributed by atoms with Crippen LogP contribution in [0.2, 0.25) is 0 Å². The van der Waals surface area contributed by atoms with Gasteiger partial charge in [0.2, 0.25) is 0 Å². The molecule has 0 spiro atoms. The van der Waals surface area contributed by atoms with Gasteiger partial charge in [-0.1, -0.05) is 12.5 Å². The molecule has 5 aliphatic rings. The highest BCUT2D eigenvalue weighted by atomic mass is 19.3. The van der Waals surface area contributed by atoms with Gasteiger partial charge in [-0.15, -0.1) is 0 Å². The molecule has 3 fully saturated rings. The Bertz CT molecular complexity index is 776. The Hall–Kier alpha value is -1.65. The van der Waals surface area contributed by atoms with Crippen LogP contribution in [0, 0.1) is 35.0 Å². The van der Waals surface area contributed by atoms with E-state index in [9.17, 15) is 40.3 Å². The number of hydrogen-bond acceptors (Lipinski definition) is 4. The second-order valence-corrected chi connectivity index (χ2v) is 7.36. The van der Waals surface area contributed by atoms with Crippen molar-refractivity contribution in [2.45, 2.75) is 32.2 Å². The smallest absolute Gasteiger partial charge is 0.400 e. The number of esters is 1. The van der Waals surface area contributed by atoms with Crippen LogP contribution in [0.15, 0.2) is 11.1 Å². The lowest BCUT2D eigenvalue weighted by Crippen LogP contribution is -2.64. The van der Waals surface area contributed by atoms with Gasteiger partial charge in [0.1, 0.15) is 0 Å².